The Labute approximate surface area is 94.6 Å². The van der Waals surface area contributed by atoms with Gasteiger partial charge in [-0.15, -0.1) is 0 Å². The number of rotatable bonds is 5. The second kappa shape index (κ2) is 5.25. The second-order valence-corrected chi connectivity index (χ2v) is 4.56. The van der Waals surface area contributed by atoms with Gasteiger partial charge in [0.05, 0.1) is 6.61 Å². The summed E-state index contributed by atoms with van der Waals surface area (Å²) in [5.41, 5.74) is -0.131. The van der Waals surface area contributed by atoms with Gasteiger partial charge in [0.15, 0.2) is 11.6 Å². The Balaban J connectivity index is 2.63. The summed E-state index contributed by atoms with van der Waals surface area (Å²) in [6.45, 7) is 5.04. The molecule has 0 aliphatic rings. The Morgan fingerprint density at radius 2 is 2.00 bits per heavy atom. The molecule has 2 nitrogen and oxygen atoms in total. The molecule has 0 saturated carbocycles. The summed E-state index contributed by atoms with van der Waals surface area (Å²) in [5, 5.41) is 3.02. The van der Waals surface area contributed by atoms with Crippen molar-refractivity contribution in [2.24, 2.45) is 5.41 Å². The van der Waals surface area contributed by atoms with Gasteiger partial charge in [-0.2, -0.15) is 0 Å². The number of halogens is 2. The van der Waals surface area contributed by atoms with E-state index < -0.39 is 11.6 Å². The predicted molar refractivity (Wildman–Crippen MR) is 59.6 cm³/mol. The van der Waals surface area contributed by atoms with Crippen LogP contribution in [0.1, 0.15) is 13.8 Å². The zero-order chi connectivity index (χ0) is 12.2. The van der Waals surface area contributed by atoms with Crippen molar-refractivity contribution in [3.8, 4) is 5.75 Å². The van der Waals surface area contributed by atoms with Gasteiger partial charge in [0.25, 0.3) is 0 Å². The Morgan fingerprint density at radius 1 is 1.31 bits per heavy atom. The third kappa shape index (κ3) is 3.77. The maximum atomic E-state index is 13.2. The minimum absolute atomic E-state index is 0.0378. The van der Waals surface area contributed by atoms with Crippen LogP contribution in [0, 0.1) is 17.0 Å². The molecule has 0 radical (unpaired) electrons. The highest BCUT2D eigenvalue weighted by atomic mass is 19.1. The predicted octanol–water partition coefficient (Wildman–Crippen LogP) is 2.59. The molecule has 0 heterocycles. The van der Waals surface area contributed by atoms with Crippen LogP contribution in [0.15, 0.2) is 18.2 Å². The minimum atomic E-state index is -0.540. The van der Waals surface area contributed by atoms with Crippen molar-refractivity contribution in [2.45, 2.75) is 13.8 Å². The molecular weight excluding hydrogens is 212 g/mol. The minimum Gasteiger partial charge on any atom is -0.490 e. The molecule has 1 N–H and O–H groups in total. The van der Waals surface area contributed by atoms with Crippen LogP contribution in [-0.4, -0.2) is 20.2 Å². The molecule has 1 aromatic rings. The summed E-state index contributed by atoms with van der Waals surface area (Å²) in [7, 11) is 1.84. The normalized spacial score (nSPS) is 11.6. The van der Waals surface area contributed by atoms with Crippen molar-refractivity contribution in [3.05, 3.63) is 29.8 Å². The SMILES string of the molecule is CNCC(C)(C)COc1cc(F)ccc1F. The largest absolute Gasteiger partial charge is 0.490 e. The smallest absolute Gasteiger partial charge is 0.165 e. The lowest BCUT2D eigenvalue weighted by Crippen LogP contribution is -2.32. The van der Waals surface area contributed by atoms with Gasteiger partial charge in [-0.25, -0.2) is 8.78 Å². The highest BCUT2D eigenvalue weighted by Gasteiger charge is 2.18. The fraction of sp³-hybridized carbons (Fsp3) is 0.500. The number of nitrogens with one attached hydrogen (secondary N) is 1. The first-order chi connectivity index (χ1) is 7.44. The molecule has 1 aromatic carbocycles. The molecule has 90 valence electrons. The van der Waals surface area contributed by atoms with Gasteiger partial charge in [0.2, 0.25) is 0 Å². The van der Waals surface area contributed by atoms with E-state index in [4.69, 9.17) is 4.74 Å². The summed E-state index contributed by atoms with van der Waals surface area (Å²) >= 11 is 0. The Morgan fingerprint density at radius 3 is 2.62 bits per heavy atom. The zero-order valence-corrected chi connectivity index (χ0v) is 9.81. The fourth-order valence-corrected chi connectivity index (χ4v) is 1.39. The maximum absolute atomic E-state index is 13.2. The van der Waals surface area contributed by atoms with E-state index in [1.165, 1.54) is 0 Å². The Kier molecular flexibility index (Phi) is 4.24. The van der Waals surface area contributed by atoms with E-state index in [1.54, 1.807) is 0 Å². The van der Waals surface area contributed by atoms with E-state index >= 15 is 0 Å². The topological polar surface area (TPSA) is 21.3 Å². The number of benzene rings is 1. The zero-order valence-electron chi connectivity index (χ0n) is 9.81. The van der Waals surface area contributed by atoms with E-state index in [2.05, 4.69) is 5.32 Å². The molecule has 1 rings (SSSR count). The summed E-state index contributed by atoms with van der Waals surface area (Å²) in [4.78, 5) is 0. The fourth-order valence-electron chi connectivity index (χ4n) is 1.39. The molecule has 0 bridgehead atoms. The standard InChI is InChI=1S/C12H17F2NO/c1-12(2,7-15-3)8-16-11-6-9(13)4-5-10(11)14/h4-6,15H,7-8H2,1-3H3. The Hall–Kier alpha value is -1.16. The lowest BCUT2D eigenvalue weighted by molar-refractivity contribution is 0.173. The molecule has 0 atom stereocenters. The van der Waals surface area contributed by atoms with Crippen LogP contribution in [-0.2, 0) is 0 Å². The molecule has 0 aromatic heterocycles. The number of ether oxygens (including phenoxy) is 1. The van der Waals surface area contributed by atoms with Crippen LogP contribution in [0.3, 0.4) is 0 Å². The van der Waals surface area contributed by atoms with Crippen LogP contribution >= 0.6 is 0 Å². The first kappa shape index (κ1) is 12.9. The van der Waals surface area contributed by atoms with E-state index in [9.17, 15) is 8.78 Å². The molecule has 4 heteroatoms. The van der Waals surface area contributed by atoms with Crippen molar-refractivity contribution in [1.29, 1.82) is 0 Å². The van der Waals surface area contributed by atoms with Gasteiger partial charge in [0.1, 0.15) is 5.82 Å². The molecule has 0 spiro atoms. The first-order valence-corrected chi connectivity index (χ1v) is 5.17. The summed E-state index contributed by atoms with van der Waals surface area (Å²) in [5.74, 6) is -1.08. The molecule has 0 unspecified atom stereocenters. The highest BCUT2D eigenvalue weighted by molar-refractivity contribution is 5.24. The van der Waals surface area contributed by atoms with Crippen LogP contribution in [0.5, 0.6) is 5.75 Å². The quantitative estimate of drug-likeness (QED) is 0.838. The van der Waals surface area contributed by atoms with Gasteiger partial charge < -0.3 is 10.1 Å². The number of hydrogen-bond donors (Lipinski definition) is 1. The third-order valence-corrected chi connectivity index (χ3v) is 2.17. The van der Waals surface area contributed by atoms with Crippen molar-refractivity contribution in [1.82, 2.24) is 5.32 Å². The van der Waals surface area contributed by atoms with E-state index in [0.717, 1.165) is 24.7 Å². The van der Waals surface area contributed by atoms with Crippen LogP contribution in [0.25, 0.3) is 0 Å². The Bertz CT molecular complexity index is 353. The summed E-state index contributed by atoms with van der Waals surface area (Å²) in [6, 6.07) is 3.20. The van der Waals surface area contributed by atoms with Crippen molar-refractivity contribution < 1.29 is 13.5 Å². The molecule has 0 saturated heterocycles. The van der Waals surface area contributed by atoms with E-state index in [0.29, 0.717) is 6.61 Å². The molecule has 0 aliphatic carbocycles. The third-order valence-electron chi connectivity index (χ3n) is 2.17. The maximum Gasteiger partial charge on any atom is 0.165 e. The molecule has 0 amide bonds. The van der Waals surface area contributed by atoms with Crippen molar-refractivity contribution in [3.63, 3.8) is 0 Å². The second-order valence-electron chi connectivity index (χ2n) is 4.56. The van der Waals surface area contributed by atoms with Gasteiger partial charge in [0, 0.05) is 18.0 Å². The van der Waals surface area contributed by atoms with Crippen molar-refractivity contribution >= 4 is 0 Å². The first-order valence-electron chi connectivity index (χ1n) is 5.17. The van der Waals surface area contributed by atoms with E-state index in [1.807, 2.05) is 20.9 Å². The van der Waals surface area contributed by atoms with Gasteiger partial charge in [-0.3, -0.25) is 0 Å². The highest BCUT2D eigenvalue weighted by Crippen LogP contribution is 2.21. The van der Waals surface area contributed by atoms with Gasteiger partial charge in [-0.1, -0.05) is 13.8 Å². The van der Waals surface area contributed by atoms with Gasteiger partial charge >= 0.3 is 0 Å². The van der Waals surface area contributed by atoms with Crippen LogP contribution < -0.4 is 10.1 Å². The molecule has 0 aliphatic heterocycles. The van der Waals surface area contributed by atoms with Gasteiger partial charge in [-0.05, 0) is 19.2 Å². The van der Waals surface area contributed by atoms with E-state index in [-0.39, 0.29) is 11.2 Å². The molecular formula is C12H17F2NO. The monoisotopic (exact) mass is 229 g/mol. The average Bonchev–Trinajstić information content (AvgIpc) is 2.19. The number of hydrogen-bond acceptors (Lipinski definition) is 2. The lowest BCUT2D eigenvalue weighted by atomic mass is 9.95. The summed E-state index contributed by atoms with van der Waals surface area (Å²) in [6.07, 6.45) is 0. The average molecular weight is 229 g/mol. The lowest BCUT2D eigenvalue weighted by Gasteiger charge is -2.24. The van der Waals surface area contributed by atoms with Crippen LogP contribution in [0.4, 0.5) is 8.78 Å². The van der Waals surface area contributed by atoms with Crippen LogP contribution in [0.2, 0.25) is 0 Å². The summed E-state index contributed by atoms with van der Waals surface area (Å²) < 4.78 is 31.4. The van der Waals surface area contributed by atoms with Crippen molar-refractivity contribution in [2.75, 3.05) is 20.2 Å². The molecule has 16 heavy (non-hydrogen) atoms. The molecule has 0 fully saturated rings.